The van der Waals surface area contributed by atoms with Gasteiger partial charge in [-0.1, -0.05) is 84.5 Å². The molecule has 34 heavy (non-hydrogen) atoms. The SMILES string of the molecule is C#CC(c1ccccc1)n1c(C(=O)O)cc2sc(C#Cc3ccccc3)cc21.c1cc2cc-2c1. The topological polar surface area (TPSA) is 42.2 Å². The summed E-state index contributed by atoms with van der Waals surface area (Å²) in [7, 11) is 0. The maximum Gasteiger partial charge on any atom is 0.352 e. The molecule has 0 aliphatic heterocycles. The van der Waals surface area contributed by atoms with Crippen molar-refractivity contribution in [1.82, 2.24) is 4.57 Å². The molecule has 0 amide bonds. The Morgan fingerprint density at radius 2 is 1.53 bits per heavy atom. The first-order valence-electron chi connectivity index (χ1n) is 10.7. The lowest BCUT2D eigenvalue weighted by Crippen LogP contribution is -2.14. The van der Waals surface area contributed by atoms with E-state index in [0.717, 1.165) is 26.2 Å². The van der Waals surface area contributed by atoms with Gasteiger partial charge in [-0.15, -0.1) is 17.8 Å². The van der Waals surface area contributed by atoms with Crippen LogP contribution in [0.5, 0.6) is 0 Å². The normalized spacial score (nSPS) is 11.4. The molecule has 4 aromatic rings. The van der Waals surface area contributed by atoms with Gasteiger partial charge in [0.25, 0.3) is 0 Å². The Bertz CT molecular complexity index is 1570. The van der Waals surface area contributed by atoms with Gasteiger partial charge in [0.1, 0.15) is 11.7 Å². The van der Waals surface area contributed by atoms with Crippen LogP contribution in [0.25, 0.3) is 21.3 Å². The monoisotopic (exact) mass is 457 g/mol. The van der Waals surface area contributed by atoms with E-state index < -0.39 is 12.0 Å². The average Bonchev–Trinajstić information content (AvgIpc) is 3.16. The summed E-state index contributed by atoms with van der Waals surface area (Å²) in [6.07, 6.45) is 5.81. The van der Waals surface area contributed by atoms with Crippen molar-refractivity contribution in [2.45, 2.75) is 6.04 Å². The van der Waals surface area contributed by atoms with Gasteiger partial charge >= 0.3 is 5.97 Å². The lowest BCUT2D eigenvalue weighted by Gasteiger charge is -2.16. The van der Waals surface area contributed by atoms with Gasteiger partial charge in [-0.3, -0.25) is 0 Å². The second-order valence-electron chi connectivity index (χ2n) is 7.74. The van der Waals surface area contributed by atoms with E-state index in [1.165, 1.54) is 22.5 Å². The maximum absolute atomic E-state index is 11.8. The van der Waals surface area contributed by atoms with Crippen molar-refractivity contribution in [3.05, 3.63) is 119 Å². The Morgan fingerprint density at radius 1 is 0.853 bits per heavy atom. The number of aromatic nitrogens is 1. The predicted molar refractivity (Wildman–Crippen MR) is 138 cm³/mol. The summed E-state index contributed by atoms with van der Waals surface area (Å²) in [4.78, 5) is 12.7. The number of hydrogen-bond acceptors (Lipinski definition) is 2. The minimum Gasteiger partial charge on any atom is -0.477 e. The summed E-state index contributed by atoms with van der Waals surface area (Å²) >= 11 is 1.47. The summed E-state index contributed by atoms with van der Waals surface area (Å²) in [5, 5.41) is 9.68. The number of carboxylic acids is 1. The Labute approximate surface area is 201 Å². The zero-order valence-corrected chi connectivity index (χ0v) is 18.9. The van der Waals surface area contributed by atoms with Crippen molar-refractivity contribution >= 4 is 27.5 Å². The molecule has 0 bridgehead atoms. The molecule has 2 aliphatic carbocycles. The lowest BCUT2D eigenvalue weighted by molar-refractivity contribution is 0.0685. The molecule has 3 nitrogen and oxygen atoms in total. The van der Waals surface area contributed by atoms with E-state index in [4.69, 9.17) is 6.42 Å². The van der Waals surface area contributed by atoms with Crippen LogP contribution in [0, 0.1) is 24.2 Å². The van der Waals surface area contributed by atoms with Crippen molar-refractivity contribution < 1.29 is 9.90 Å². The van der Waals surface area contributed by atoms with E-state index in [1.54, 1.807) is 10.6 Å². The Hall–Kier alpha value is -4.51. The van der Waals surface area contributed by atoms with Crippen molar-refractivity contribution in [2.24, 2.45) is 0 Å². The average molecular weight is 458 g/mol. The van der Waals surface area contributed by atoms with Gasteiger partial charge in [0.15, 0.2) is 0 Å². The zero-order valence-electron chi connectivity index (χ0n) is 18.1. The van der Waals surface area contributed by atoms with Gasteiger partial charge in [-0.2, -0.15) is 0 Å². The number of nitrogens with zero attached hydrogens (tertiary/aromatic N) is 1. The fourth-order valence-electron chi connectivity index (χ4n) is 3.80. The van der Waals surface area contributed by atoms with Gasteiger partial charge in [0, 0.05) is 5.56 Å². The first-order valence-corrected chi connectivity index (χ1v) is 11.5. The van der Waals surface area contributed by atoms with Gasteiger partial charge in [0.05, 0.1) is 15.1 Å². The number of hydrogen-bond donors (Lipinski definition) is 1. The number of carboxylic acid groups (broad SMARTS) is 1. The third-order valence-corrected chi connectivity index (χ3v) is 6.48. The molecule has 0 saturated heterocycles. The number of thiophene rings is 1. The third-order valence-electron chi connectivity index (χ3n) is 5.49. The van der Waals surface area contributed by atoms with Crippen LogP contribution in [0.3, 0.4) is 0 Å². The van der Waals surface area contributed by atoms with Crippen LogP contribution in [0.2, 0.25) is 0 Å². The standard InChI is InChI=1S/C24H15NO2S.C6H4/c1-2-20(18-11-7-4-8-12-18)25-21-15-19(14-13-17-9-5-3-6-10-17)28-23(21)16-22(25)24(26)27;1-2-5-4-6(5)3-1/h1,3-12,15-16,20H,(H,26,27);1-4H. The Kier molecular flexibility index (Phi) is 5.75. The minimum absolute atomic E-state index is 0.177. The smallest absolute Gasteiger partial charge is 0.352 e. The highest BCUT2D eigenvalue weighted by atomic mass is 32.1. The number of terminal acetylenes is 1. The van der Waals surface area contributed by atoms with Crippen molar-refractivity contribution in [2.75, 3.05) is 0 Å². The minimum atomic E-state index is -1.00. The van der Waals surface area contributed by atoms with Crippen LogP contribution in [0.1, 0.15) is 32.5 Å². The van der Waals surface area contributed by atoms with Crippen LogP contribution in [-0.2, 0) is 0 Å². The van der Waals surface area contributed by atoms with E-state index in [1.807, 2.05) is 66.7 Å². The maximum atomic E-state index is 11.8. The molecule has 2 aromatic heterocycles. The van der Waals surface area contributed by atoms with Gasteiger partial charge < -0.3 is 9.67 Å². The summed E-state index contributed by atoms with van der Waals surface area (Å²) in [5.41, 5.74) is 5.61. The van der Waals surface area contributed by atoms with Crippen molar-refractivity contribution in [3.8, 4) is 35.3 Å². The molecular formula is C30H19NO2S. The second kappa shape index (κ2) is 9.16. The number of aromatic carboxylic acids is 1. The summed E-state index contributed by atoms with van der Waals surface area (Å²) in [6.45, 7) is 0. The molecule has 0 radical (unpaired) electrons. The van der Waals surface area contributed by atoms with Crippen molar-refractivity contribution in [1.29, 1.82) is 0 Å². The Balaban J connectivity index is 0.000000343. The number of fused-ring (bicyclic) bond motifs is 2. The molecule has 4 heteroatoms. The highest BCUT2D eigenvalue weighted by molar-refractivity contribution is 7.19. The summed E-state index contributed by atoms with van der Waals surface area (Å²) in [5.74, 6) is 8.04. The molecule has 1 atom stereocenters. The molecule has 162 valence electrons. The largest absolute Gasteiger partial charge is 0.477 e. The molecular weight excluding hydrogens is 438 g/mol. The fraction of sp³-hybridized carbons (Fsp3) is 0.0333. The van der Waals surface area contributed by atoms with Crippen LogP contribution in [0.15, 0.2) is 97.1 Å². The second-order valence-corrected chi connectivity index (χ2v) is 8.83. The number of rotatable bonds is 3. The van der Waals surface area contributed by atoms with E-state index >= 15 is 0 Å². The van der Waals surface area contributed by atoms with Crippen LogP contribution < -0.4 is 0 Å². The summed E-state index contributed by atoms with van der Waals surface area (Å²) < 4.78 is 2.56. The molecule has 0 fully saturated rings. The number of carbonyl (C=O) groups is 1. The predicted octanol–water partition coefficient (Wildman–Crippen LogP) is 6.69. The van der Waals surface area contributed by atoms with Gasteiger partial charge in [-0.05, 0) is 47.0 Å². The van der Waals surface area contributed by atoms with Crippen LogP contribution >= 0.6 is 11.3 Å². The zero-order chi connectivity index (χ0) is 23.5. The highest BCUT2D eigenvalue weighted by Gasteiger charge is 2.23. The lowest BCUT2D eigenvalue weighted by atomic mass is 10.1. The fourth-order valence-corrected chi connectivity index (χ4v) is 4.74. The van der Waals surface area contributed by atoms with Crippen LogP contribution in [-0.4, -0.2) is 15.6 Å². The van der Waals surface area contributed by atoms with E-state index in [2.05, 4.69) is 42.0 Å². The highest BCUT2D eigenvalue weighted by Crippen LogP contribution is 2.34. The third kappa shape index (κ3) is 4.36. The number of benzene rings is 3. The molecule has 6 rings (SSSR count). The van der Waals surface area contributed by atoms with Gasteiger partial charge in [0.2, 0.25) is 0 Å². The molecule has 0 saturated carbocycles. The summed E-state index contributed by atoms with van der Waals surface area (Å²) in [6, 6.07) is 30.8. The molecule has 0 spiro atoms. The van der Waals surface area contributed by atoms with Crippen LogP contribution in [0.4, 0.5) is 0 Å². The first-order chi connectivity index (χ1) is 16.6. The molecule has 1 unspecified atom stereocenters. The Morgan fingerprint density at radius 3 is 2.09 bits per heavy atom. The molecule has 2 aliphatic rings. The molecule has 1 N–H and O–H groups in total. The van der Waals surface area contributed by atoms with Crippen molar-refractivity contribution in [3.63, 3.8) is 0 Å². The molecule has 2 aromatic carbocycles. The first kappa shape index (κ1) is 21.3. The van der Waals surface area contributed by atoms with Gasteiger partial charge in [-0.25, -0.2) is 4.79 Å². The quantitative estimate of drug-likeness (QED) is 0.301. The van der Waals surface area contributed by atoms with E-state index in [0.29, 0.717) is 0 Å². The molecule has 2 heterocycles. The van der Waals surface area contributed by atoms with E-state index in [-0.39, 0.29) is 5.69 Å². The van der Waals surface area contributed by atoms with E-state index in [9.17, 15) is 9.90 Å².